The number of Topliss-reactive ketones (excluding diaryl/α,β-unsaturated/α-hetero) is 1. The largest absolute Gasteiger partial charge is 0.506 e. The normalized spacial score (nSPS) is 13.0. The van der Waals surface area contributed by atoms with E-state index in [1.807, 2.05) is 0 Å². The molecule has 9 heteroatoms. The van der Waals surface area contributed by atoms with E-state index >= 15 is 0 Å². The topological polar surface area (TPSA) is 155 Å². The number of carboxylic acids is 1. The van der Waals surface area contributed by atoms with E-state index in [-0.39, 0.29) is 33.4 Å². The molecule has 1 atom stereocenters. The molecule has 0 saturated heterocycles. The Morgan fingerprint density at radius 2 is 1.96 bits per heavy atom. The van der Waals surface area contributed by atoms with Gasteiger partial charge in [0.15, 0.2) is 22.7 Å². The first-order valence-corrected chi connectivity index (χ1v) is 8.33. The minimum absolute atomic E-state index is 0.156. The molecular formula is C19H15N3O6. The van der Waals surface area contributed by atoms with Crippen molar-refractivity contribution in [1.29, 1.82) is 0 Å². The van der Waals surface area contributed by atoms with E-state index in [0.29, 0.717) is 17.1 Å². The van der Waals surface area contributed by atoms with Crippen molar-refractivity contribution < 1.29 is 24.5 Å². The molecule has 1 aromatic heterocycles. The molecule has 4 rings (SSSR count). The zero-order valence-electron chi connectivity index (χ0n) is 14.4. The van der Waals surface area contributed by atoms with E-state index in [9.17, 15) is 19.5 Å². The van der Waals surface area contributed by atoms with Gasteiger partial charge in [-0.3, -0.25) is 14.4 Å². The fourth-order valence-corrected chi connectivity index (χ4v) is 3.14. The number of benzene rings is 2. The van der Waals surface area contributed by atoms with Gasteiger partial charge < -0.3 is 31.0 Å². The van der Waals surface area contributed by atoms with Crippen molar-refractivity contribution in [3.05, 3.63) is 52.3 Å². The zero-order chi connectivity index (χ0) is 20.0. The lowest BCUT2D eigenvalue weighted by Gasteiger charge is -2.25. The molecule has 0 fully saturated rings. The maximum atomic E-state index is 12.6. The van der Waals surface area contributed by atoms with E-state index in [0.717, 1.165) is 0 Å². The number of carboxylic acid groups (broad SMARTS) is 1. The van der Waals surface area contributed by atoms with E-state index in [1.165, 1.54) is 24.4 Å². The van der Waals surface area contributed by atoms with Crippen molar-refractivity contribution in [3.8, 4) is 17.2 Å². The van der Waals surface area contributed by atoms with Gasteiger partial charge >= 0.3 is 5.97 Å². The molecular weight excluding hydrogens is 366 g/mol. The van der Waals surface area contributed by atoms with Crippen molar-refractivity contribution in [3.63, 3.8) is 0 Å². The first-order chi connectivity index (χ1) is 13.4. The van der Waals surface area contributed by atoms with Crippen LogP contribution in [0.2, 0.25) is 0 Å². The van der Waals surface area contributed by atoms with E-state index in [4.69, 9.17) is 15.6 Å². The van der Waals surface area contributed by atoms with Gasteiger partial charge in [0.2, 0.25) is 0 Å². The third-order valence-electron chi connectivity index (χ3n) is 4.50. The minimum atomic E-state index is -1.33. The Labute approximate surface area is 157 Å². The summed E-state index contributed by atoms with van der Waals surface area (Å²) in [5.41, 5.74) is 6.13. The summed E-state index contributed by atoms with van der Waals surface area (Å²) >= 11 is 0. The van der Waals surface area contributed by atoms with Gasteiger partial charge in [-0.2, -0.15) is 0 Å². The maximum Gasteiger partial charge on any atom is 0.320 e. The molecule has 0 unspecified atom stereocenters. The van der Waals surface area contributed by atoms with E-state index in [1.54, 1.807) is 12.1 Å². The third-order valence-corrected chi connectivity index (χ3v) is 4.50. The number of ether oxygens (including phenoxy) is 1. The standard InChI is InChI=1S/C19H15N3O6/c20-9(19(26)27)6-11(24)8-2-1-3-13-16(8)22-18-14(28-13)7-12(25)17-15(18)10(23)4-5-21-17/h1-5,7,9,22,25H,6,20H2,(H,21,23)(H,26,27)/t9-/m0/s1. The van der Waals surface area contributed by atoms with Crippen LogP contribution < -0.4 is 21.2 Å². The van der Waals surface area contributed by atoms with Gasteiger partial charge in [-0.25, -0.2) is 0 Å². The summed E-state index contributed by atoms with van der Waals surface area (Å²) in [7, 11) is 0. The first kappa shape index (κ1) is 17.6. The Bertz CT molecular complexity index is 1200. The van der Waals surface area contributed by atoms with Crippen LogP contribution in [0.1, 0.15) is 16.8 Å². The van der Waals surface area contributed by atoms with Crippen LogP contribution in [0, 0.1) is 0 Å². The lowest BCUT2D eigenvalue weighted by molar-refractivity contribution is -0.138. The first-order valence-electron chi connectivity index (χ1n) is 8.33. The average Bonchev–Trinajstić information content (AvgIpc) is 2.66. The lowest BCUT2D eigenvalue weighted by Crippen LogP contribution is -2.32. The molecule has 3 aromatic rings. The molecule has 0 spiro atoms. The number of pyridine rings is 1. The number of H-pyrrole nitrogens is 1. The number of nitrogens with two attached hydrogens (primary N) is 1. The number of anilines is 2. The molecule has 28 heavy (non-hydrogen) atoms. The maximum absolute atomic E-state index is 12.6. The van der Waals surface area contributed by atoms with Crippen molar-refractivity contribution in [2.24, 2.45) is 5.73 Å². The number of aromatic amines is 1. The number of para-hydroxylation sites is 1. The number of phenols is 1. The summed E-state index contributed by atoms with van der Waals surface area (Å²) in [6.07, 6.45) is 1.02. The van der Waals surface area contributed by atoms with Crippen LogP contribution in [-0.4, -0.2) is 33.0 Å². The fraction of sp³-hybridized carbons (Fsp3) is 0.105. The van der Waals surface area contributed by atoms with Gasteiger partial charge in [-0.15, -0.1) is 0 Å². The second-order valence-electron chi connectivity index (χ2n) is 6.34. The Morgan fingerprint density at radius 3 is 2.71 bits per heavy atom. The van der Waals surface area contributed by atoms with Crippen molar-refractivity contribution in [2.45, 2.75) is 12.5 Å². The highest BCUT2D eigenvalue weighted by molar-refractivity contribution is 6.08. The molecule has 9 nitrogen and oxygen atoms in total. The van der Waals surface area contributed by atoms with Gasteiger partial charge in [0, 0.05) is 30.3 Å². The van der Waals surface area contributed by atoms with Crippen LogP contribution in [0.4, 0.5) is 11.4 Å². The van der Waals surface area contributed by atoms with Crippen molar-refractivity contribution in [2.75, 3.05) is 5.32 Å². The summed E-state index contributed by atoms with van der Waals surface area (Å²) in [5.74, 6) is -1.39. The average molecular weight is 381 g/mol. The van der Waals surface area contributed by atoms with Gasteiger partial charge in [0.05, 0.1) is 22.3 Å². The number of ketones is 1. The Balaban J connectivity index is 1.84. The molecule has 0 aliphatic carbocycles. The molecule has 0 saturated carbocycles. The highest BCUT2D eigenvalue weighted by Crippen LogP contribution is 2.47. The predicted molar refractivity (Wildman–Crippen MR) is 101 cm³/mol. The van der Waals surface area contributed by atoms with E-state index in [2.05, 4.69) is 10.3 Å². The molecule has 0 bridgehead atoms. The number of phenolic OH excluding ortho intramolecular Hbond substituents is 1. The molecule has 6 N–H and O–H groups in total. The van der Waals surface area contributed by atoms with E-state index < -0.39 is 24.2 Å². The van der Waals surface area contributed by atoms with Gasteiger partial charge in [-0.1, -0.05) is 6.07 Å². The highest BCUT2D eigenvalue weighted by Gasteiger charge is 2.27. The number of rotatable bonds is 4. The Morgan fingerprint density at radius 1 is 1.18 bits per heavy atom. The predicted octanol–water partition coefficient (Wildman–Crippen LogP) is 2.07. The van der Waals surface area contributed by atoms with Gasteiger partial charge in [-0.05, 0) is 12.1 Å². The fourth-order valence-electron chi connectivity index (χ4n) is 3.14. The van der Waals surface area contributed by atoms with Crippen LogP contribution in [0.25, 0.3) is 10.9 Å². The number of carbonyl (C=O) groups is 2. The highest BCUT2D eigenvalue weighted by atomic mass is 16.5. The van der Waals surface area contributed by atoms with Crippen molar-refractivity contribution >= 4 is 34.0 Å². The van der Waals surface area contributed by atoms with Crippen LogP contribution in [0.3, 0.4) is 0 Å². The Kier molecular flexibility index (Phi) is 4.01. The molecule has 2 aromatic carbocycles. The summed E-state index contributed by atoms with van der Waals surface area (Å²) in [5, 5.41) is 22.3. The summed E-state index contributed by atoms with van der Waals surface area (Å²) in [6, 6.07) is 6.04. The number of aromatic nitrogens is 1. The van der Waals surface area contributed by atoms with Crippen LogP contribution in [0.15, 0.2) is 41.3 Å². The smallest absolute Gasteiger partial charge is 0.320 e. The lowest BCUT2D eigenvalue weighted by atomic mass is 10.00. The number of aromatic hydroxyl groups is 1. The number of carbonyl (C=O) groups excluding carboxylic acids is 1. The Hall–Kier alpha value is -3.85. The number of fused-ring (bicyclic) bond motifs is 4. The number of nitrogens with one attached hydrogen (secondary N) is 2. The molecule has 142 valence electrons. The number of hydrogen-bond acceptors (Lipinski definition) is 7. The molecule has 0 radical (unpaired) electrons. The zero-order valence-corrected chi connectivity index (χ0v) is 14.4. The molecule has 1 aliphatic heterocycles. The minimum Gasteiger partial charge on any atom is -0.506 e. The number of hydrogen-bond donors (Lipinski definition) is 5. The molecule has 0 amide bonds. The summed E-state index contributed by atoms with van der Waals surface area (Å²) in [6.45, 7) is 0. The molecule has 1 aliphatic rings. The van der Waals surface area contributed by atoms with Crippen molar-refractivity contribution in [1.82, 2.24) is 4.98 Å². The second-order valence-corrected chi connectivity index (χ2v) is 6.34. The summed E-state index contributed by atoms with van der Waals surface area (Å²) in [4.78, 5) is 38.7. The number of aliphatic carboxylic acids is 1. The quantitative estimate of drug-likeness (QED) is 0.266. The van der Waals surface area contributed by atoms with Crippen LogP contribution in [-0.2, 0) is 4.79 Å². The second kappa shape index (κ2) is 6.39. The molecule has 2 heterocycles. The summed E-state index contributed by atoms with van der Waals surface area (Å²) < 4.78 is 5.79. The third kappa shape index (κ3) is 2.74. The monoisotopic (exact) mass is 381 g/mol. The van der Waals surface area contributed by atoms with Gasteiger partial charge in [0.1, 0.15) is 11.8 Å². The van der Waals surface area contributed by atoms with Gasteiger partial charge in [0.25, 0.3) is 0 Å². The van der Waals surface area contributed by atoms with Crippen LogP contribution in [0.5, 0.6) is 17.2 Å². The SMILES string of the molecule is N[C@@H](CC(=O)c1cccc2c1Nc1c(cc(O)c3[nH]ccc(=O)c13)O2)C(=O)O. The van der Waals surface area contributed by atoms with Crippen LogP contribution >= 0.6 is 0 Å².